The molecule has 0 amide bonds. The van der Waals surface area contributed by atoms with Crippen molar-refractivity contribution in [2.75, 3.05) is 4.72 Å². The fourth-order valence-corrected chi connectivity index (χ4v) is 2.99. The van der Waals surface area contributed by atoms with E-state index in [1.807, 2.05) is 13.8 Å². The van der Waals surface area contributed by atoms with Crippen molar-refractivity contribution in [1.29, 1.82) is 0 Å². The van der Waals surface area contributed by atoms with Crippen LogP contribution in [-0.4, -0.2) is 18.4 Å². The van der Waals surface area contributed by atoms with Gasteiger partial charge in [-0.2, -0.15) is 0 Å². The van der Waals surface area contributed by atoms with Crippen molar-refractivity contribution in [3.8, 4) is 0 Å². The number of benzene rings is 1. The van der Waals surface area contributed by atoms with Gasteiger partial charge in [0.2, 0.25) is 0 Å². The Morgan fingerprint density at radius 1 is 1.10 bits per heavy atom. The number of nitrogens with one attached hydrogen (secondary N) is 1. The Balaban J connectivity index is 2.32. The Morgan fingerprint density at radius 3 is 2.29 bits per heavy atom. The molecule has 8 heteroatoms. The molecule has 1 aromatic heterocycles. The Labute approximate surface area is 133 Å². The third-order valence-electron chi connectivity index (χ3n) is 2.84. The summed E-state index contributed by atoms with van der Waals surface area (Å²) < 4.78 is 26.8. The molecule has 0 saturated carbocycles. The van der Waals surface area contributed by atoms with Gasteiger partial charge in [-0.05, 0) is 23.6 Å². The first kappa shape index (κ1) is 16.0. The third kappa shape index (κ3) is 3.64. The van der Waals surface area contributed by atoms with E-state index in [-0.39, 0.29) is 20.9 Å². The second-order valence-electron chi connectivity index (χ2n) is 4.66. The predicted octanol–water partition coefficient (Wildman–Crippen LogP) is 3.71. The second kappa shape index (κ2) is 6.17. The molecule has 0 unspecified atom stereocenters. The summed E-state index contributed by atoms with van der Waals surface area (Å²) in [7, 11) is -3.78. The molecule has 0 fully saturated rings. The van der Waals surface area contributed by atoms with E-state index >= 15 is 0 Å². The molecule has 0 aliphatic heterocycles. The molecule has 1 heterocycles. The smallest absolute Gasteiger partial charge is 0.262 e. The predicted molar refractivity (Wildman–Crippen MR) is 83.4 cm³/mol. The molecule has 21 heavy (non-hydrogen) atoms. The van der Waals surface area contributed by atoms with Crippen LogP contribution in [0.1, 0.15) is 25.3 Å². The first-order valence-electron chi connectivity index (χ1n) is 6.10. The van der Waals surface area contributed by atoms with Gasteiger partial charge in [0, 0.05) is 0 Å². The average molecular weight is 346 g/mol. The largest absolute Gasteiger partial charge is 0.263 e. The number of halogens is 2. The number of nitrogens with zero attached hydrogens (tertiary/aromatic N) is 2. The van der Waals surface area contributed by atoms with Gasteiger partial charge in [-0.15, -0.1) is 0 Å². The third-order valence-corrected chi connectivity index (χ3v) is 4.93. The summed E-state index contributed by atoms with van der Waals surface area (Å²) in [6.07, 6.45) is 1.13. The van der Waals surface area contributed by atoms with Gasteiger partial charge in [-0.1, -0.05) is 49.2 Å². The number of sulfonamides is 1. The highest BCUT2D eigenvalue weighted by molar-refractivity contribution is 7.92. The standard InChI is InChI=1S/C13H13Cl2N3O2S/c1-8(2)9-3-5-10(6-4-9)21(19,20)18-13-11(14)12(15)16-7-17-13/h3-8H,1-2H3,(H,16,17,18). The number of rotatable bonds is 4. The summed E-state index contributed by atoms with van der Waals surface area (Å²) in [4.78, 5) is 7.56. The van der Waals surface area contributed by atoms with E-state index in [0.717, 1.165) is 11.9 Å². The van der Waals surface area contributed by atoms with E-state index in [9.17, 15) is 8.42 Å². The molecule has 1 aromatic carbocycles. The first-order chi connectivity index (χ1) is 9.81. The summed E-state index contributed by atoms with van der Waals surface area (Å²) >= 11 is 11.6. The van der Waals surface area contributed by atoms with Gasteiger partial charge in [0.15, 0.2) is 11.0 Å². The minimum atomic E-state index is -3.78. The van der Waals surface area contributed by atoms with E-state index in [1.165, 1.54) is 12.1 Å². The van der Waals surface area contributed by atoms with Gasteiger partial charge in [0.25, 0.3) is 10.0 Å². The van der Waals surface area contributed by atoms with Crippen molar-refractivity contribution in [2.45, 2.75) is 24.7 Å². The molecular weight excluding hydrogens is 333 g/mol. The van der Waals surface area contributed by atoms with Crippen LogP contribution in [0.4, 0.5) is 5.82 Å². The molecule has 2 rings (SSSR count). The minimum Gasteiger partial charge on any atom is -0.262 e. The zero-order chi connectivity index (χ0) is 15.6. The van der Waals surface area contributed by atoms with E-state index in [0.29, 0.717) is 5.92 Å². The van der Waals surface area contributed by atoms with Crippen LogP contribution in [0.2, 0.25) is 10.2 Å². The van der Waals surface area contributed by atoms with E-state index in [2.05, 4.69) is 14.7 Å². The molecule has 0 bridgehead atoms. The van der Waals surface area contributed by atoms with Gasteiger partial charge in [0.1, 0.15) is 11.3 Å². The molecule has 0 aliphatic carbocycles. The fourth-order valence-electron chi connectivity index (χ4n) is 1.64. The van der Waals surface area contributed by atoms with Crippen LogP contribution in [0.5, 0.6) is 0 Å². The molecule has 0 radical (unpaired) electrons. The molecule has 112 valence electrons. The average Bonchev–Trinajstić information content (AvgIpc) is 2.44. The number of hydrogen-bond donors (Lipinski definition) is 1. The van der Waals surface area contributed by atoms with E-state index in [4.69, 9.17) is 23.2 Å². The normalized spacial score (nSPS) is 11.7. The lowest BCUT2D eigenvalue weighted by Gasteiger charge is -2.10. The lowest BCUT2D eigenvalue weighted by molar-refractivity contribution is 0.601. The minimum absolute atomic E-state index is 0.0143. The van der Waals surface area contributed by atoms with Crippen molar-refractivity contribution in [1.82, 2.24) is 9.97 Å². The Morgan fingerprint density at radius 2 is 1.71 bits per heavy atom. The first-order valence-corrected chi connectivity index (χ1v) is 8.34. The molecule has 0 spiro atoms. The van der Waals surface area contributed by atoms with Crippen LogP contribution in [0.3, 0.4) is 0 Å². The van der Waals surface area contributed by atoms with Crippen molar-refractivity contribution in [2.24, 2.45) is 0 Å². The molecule has 1 N–H and O–H groups in total. The van der Waals surface area contributed by atoms with Crippen LogP contribution in [-0.2, 0) is 10.0 Å². The highest BCUT2D eigenvalue weighted by Crippen LogP contribution is 2.27. The van der Waals surface area contributed by atoms with Crippen molar-refractivity contribution >= 4 is 39.0 Å². The summed E-state index contributed by atoms with van der Waals surface area (Å²) in [5.74, 6) is 0.273. The zero-order valence-corrected chi connectivity index (χ0v) is 13.7. The van der Waals surface area contributed by atoms with Crippen LogP contribution in [0.15, 0.2) is 35.5 Å². The van der Waals surface area contributed by atoms with Crippen molar-refractivity contribution in [3.05, 3.63) is 46.3 Å². The van der Waals surface area contributed by atoms with E-state index in [1.54, 1.807) is 12.1 Å². The molecule has 5 nitrogen and oxygen atoms in total. The van der Waals surface area contributed by atoms with Crippen molar-refractivity contribution < 1.29 is 8.42 Å². The van der Waals surface area contributed by atoms with Crippen LogP contribution in [0.25, 0.3) is 0 Å². The lowest BCUT2D eigenvalue weighted by atomic mass is 10.0. The number of anilines is 1. The van der Waals surface area contributed by atoms with Gasteiger partial charge in [0.05, 0.1) is 4.90 Å². The maximum Gasteiger partial charge on any atom is 0.263 e. The van der Waals surface area contributed by atoms with Gasteiger partial charge >= 0.3 is 0 Å². The number of aromatic nitrogens is 2. The topological polar surface area (TPSA) is 72.0 Å². The Bertz CT molecular complexity index is 747. The summed E-state index contributed by atoms with van der Waals surface area (Å²) in [6, 6.07) is 6.62. The molecule has 2 aromatic rings. The lowest BCUT2D eigenvalue weighted by Crippen LogP contribution is -2.14. The monoisotopic (exact) mass is 345 g/mol. The molecule has 0 aliphatic rings. The van der Waals surface area contributed by atoms with E-state index < -0.39 is 10.0 Å². The maximum atomic E-state index is 12.3. The molecule has 0 saturated heterocycles. The van der Waals surface area contributed by atoms with Gasteiger partial charge < -0.3 is 0 Å². The number of hydrogen-bond acceptors (Lipinski definition) is 4. The molecular formula is C13H13Cl2N3O2S. The van der Waals surface area contributed by atoms with Crippen LogP contribution >= 0.6 is 23.2 Å². The maximum absolute atomic E-state index is 12.3. The highest BCUT2D eigenvalue weighted by atomic mass is 35.5. The van der Waals surface area contributed by atoms with Crippen LogP contribution < -0.4 is 4.72 Å². The van der Waals surface area contributed by atoms with Crippen molar-refractivity contribution in [3.63, 3.8) is 0 Å². The highest BCUT2D eigenvalue weighted by Gasteiger charge is 2.18. The fraction of sp³-hybridized carbons (Fsp3) is 0.231. The quantitative estimate of drug-likeness (QED) is 0.857. The Hall–Kier alpha value is -1.37. The second-order valence-corrected chi connectivity index (χ2v) is 7.07. The van der Waals surface area contributed by atoms with Crippen LogP contribution in [0, 0.1) is 0 Å². The van der Waals surface area contributed by atoms with Gasteiger partial charge in [-0.25, -0.2) is 18.4 Å². The summed E-state index contributed by atoms with van der Waals surface area (Å²) in [5.41, 5.74) is 1.05. The summed E-state index contributed by atoms with van der Waals surface area (Å²) in [5, 5.41) is -0.0546. The summed E-state index contributed by atoms with van der Waals surface area (Å²) in [6.45, 7) is 4.06. The molecule has 0 atom stereocenters. The Kier molecular flexibility index (Phi) is 4.70. The SMILES string of the molecule is CC(C)c1ccc(S(=O)(=O)Nc2ncnc(Cl)c2Cl)cc1. The van der Waals surface area contributed by atoms with Gasteiger partial charge in [-0.3, -0.25) is 4.72 Å². The zero-order valence-electron chi connectivity index (χ0n) is 11.3.